The van der Waals surface area contributed by atoms with E-state index < -0.39 is 0 Å². The van der Waals surface area contributed by atoms with Crippen LogP contribution in [0, 0.1) is 3.57 Å². The number of hydrogen-bond donors (Lipinski definition) is 1. The standard InChI is InChI=1S/C19H23IO3/c1-22-18-9-7-14(6-4-3-5-11-21)12-16(18)17-13-15(20)8-10-19(17)23-2/h7-10,12-13,21H,3-6,11H2,1-2H3. The molecule has 0 unspecified atom stereocenters. The Morgan fingerprint density at radius 1 is 0.870 bits per heavy atom. The van der Waals surface area contributed by atoms with Gasteiger partial charge < -0.3 is 14.6 Å². The summed E-state index contributed by atoms with van der Waals surface area (Å²) in [4.78, 5) is 0. The van der Waals surface area contributed by atoms with Gasteiger partial charge in [0.2, 0.25) is 0 Å². The number of aliphatic hydroxyl groups is 1. The summed E-state index contributed by atoms with van der Waals surface area (Å²) in [6, 6.07) is 12.5. The Morgan fingerprint density at radius 2 is 1.52 bits per heavy atom. The summed E-state index contributed by atoms with van der Waals surface area (Å²) in [5, 5.41) is 8.88. The molecule has 0 aromatic heterocycles. The highest BCUT2D eigenvalue weighted by atomic mass is 127. The van der Waals surface area contributed by atoms with Gasteiger partial charge in [0.15, 0.2) is 0 Å². The average Bonchev–Trinajstić information content (AvgIpc) is 2.58. The number of ether oxygens (including phenoxy) is 2. The van der Waals surface area contributed by atoms with Crippen molar-refractivity contribution in [3.63, 3.8) is 0 Å². The van der Waals surface area contributed by atoms with E-state index in [0.29, 0.717) is 0 Å². The van der Waals surface area contributed by atoms with Crippen LogP contribution < -0.4 is 9.47 Å². The van der Waals surface area contributed by atoms with Crippen molar-refractivity contribution in [2.45, 2.75) is 25.7 Å². The zero-order valence-electron chi connectivity index (χ0n) is 13.6. The van der Waals surface area contributed by atoms with Crippen LogP contribution in [0.5, 0.6) is 11.5 Å². The smallest absolute Gasteiger partial charge is 0.126 e. The van der Waals surface area contributed by atoms with Gasteiger partial charge in [0, 0.05) is 21.3 Å². The topological polar surface area (TPSA) is 38.7 Å². The second kappa shape index (κ2) is 9.13. The summed E-state index contributed by atoms with van der Waals surface area (Å²) < 4.78 is 12.2. The van der Waals surface area contributed by atoms with Crippen LogP contribution in [0.2, 0.25) is 0 Å². The zero-order chi connectivity index (χ0) is 16.7. The van der Waals surface area contributed by atoms with E-state index in [-0.39, 0.29) is 6.61 Å². The minimum absolute atomic E-state index is 0.271. The van der Waals surface area contributed by atoms with Crippen LogP contribution in [-0.2, 0) is 6.42 Å². The van der Waals surface area contributed by atoms with Gasteiger partial charge in [0.1, 0.15) is 11.5 Å². The first-order valence-corrected chi connectivity index (χ1v) is 8.89. The second-order valence-electron chi connectivity index (χ2n) is 5.41. The number of methoxy groups -OCH3 is 2. The summed E-state index contributed by atoms with van der Waals surface area (Å²) in [6.07, 6.45) is 4.00. The highest BCUT2D eigenvalue weighted by Gasteiger charge is 2.12. The van der Waals surface area contributed by atoms with Gasteiger partial charge in [-0.05, 0) is 77.7 Å². The molecular weight excluding hydrogens is 403 g/mol. The summed E-state index contributed by atoms with van der Waals surface area (Å²) in [5.41, 5.74) is 3.38. The van der Waals surface area contributed by atoms with E-state index in [1.54, 1.807) is 14.2 Å². The van der Waals surface area contributed by atoms with E-state index in [4.69, 9.17) is 14.6 Å². The molecule has 0 aliphatic rings. The number of hydrogen-bond acceptors (Lipinski definition) is 3. The molecule has 0 radical (unpaired) electrons. The summed E-state index contributed by atoms with van der Waals surface area (Å²) >= 11 is 2.31. The zero-order valence-corrected chi connectivity index (χ0v) is 15.8. The third-order valence-electron chi connectivity index (χ3n) is 3.84. The van der Waals surface area contributed by atoms with Crippen LogP contribution in [0.4, 0.5) is 0 Å². The van der Waals surface area contributed by atoms with Crippen LogP contribution in [0.3, 0.4) is 0 Å². The van der Waals surface area contributed by atoms with Crippen molar-refractivity contribution < 1.29 is 14.6 Å². The number of benzene rings is 2. The van der Waals surface area contributed by atoms with Crippen LogP contribution in [-0.4, -0.2) is 25.9 Å². The molecule has 0 spiro atoms. The van der Waals surface area contributed by atoms with Crippen LogP contribution in [0.15, 0.2) is 36.4 Å². The average molecular weight is 426 g/mol. The molecule has 0 heterocycles. The summed E-state index contributed by atoms with van der Waals surface area (Å²) in [5.74, 6) is 1.70. The maximum Gasteiger partial charge on any atom is 0.126 e. The highest BCUT2D eigenvalue weighted by Crippen LogP contribution is 2.38. The van der Waals surface area contributed by atoms with Crippen LogP contribution >= 0.6 is 22.6 Å². The Bertz CT molecular complexity index is 641. The predicted molar refractivity (Wildman–Crippen MR) is 102 cm³/mol. The Labute approximate surface area is 151 Å². The molecule has 1 N–H and O–H groups in total. The molecular formula is C19H23IO3. The monoisotopic (exact) mass is 426 g/mol. The first-order valence-electron chi connectivity index (χ1n) is 7.81. The van der Waals surface area contributed by atoms with E-state index in [2.05, 4.69) is 40.8 Å². The highest BCUT2D eigenvalue weighted by molar-refractivity contribution is 14.1. The molecule has 0 saturated carbocycles. The third-order valence-corrected chi connectivity index (χ3v) is 4.51. The molecule has 0 bridgehead atoms. The lowest BCUT2D eigenvalue weighted by molar-refractivity contribution is 0.283. The minimum Gasteiger partial charge on any atom is -0.496 e. The SMILES string of the molecule is COc1ccc(I)cc1-c1cc(CCCCCO)ccc1OC. The number of rotatable bonds is 8. The fourth-order valence-electron chi connectivity index (χ4n) is 2.63. The van der Waals surface area contributed by atoms with Gasteiger partial charge >= 0.3 is 0 Å². The van der Waals surface area contributed by atoms with Crippen molar-refractivity contribution in [2.24, 2.45) is 0 Å². The van der Waals surface area contributed by atoms with E-state index in [1.807, 2.05) is 18.2 Å². The van der Waals surface area contributed by atoms with Gasteiger partial charge in [-0.2, -0.15) is 0 Å². The van der Waals surface area contributed by atoms with Crippen molar-refractivity contribution in [2.75, 3.05) is 20.8 Å². The Balaban J connectivity index is 2.34. The van der Waals surface area contributed by atoms with E-state index >= 15 is 0 Å². The second-order valence-corrected chi connectivity index (χ2v) is 6.66. The largest absolute Gasteiger partial charge is 0.496 e. The number of halogens is 1. The normalized spacial score (nSPS) is 10.6. The molecule has 2 aromatic rings. The van der Waals surface area contributed by atoms with Crippen molar-refractivity contribution in [1.82, 2.24) is 0 Å². The van der Waals surface area contributed by atoms with Crippen LogP contribution in [0.1, 0.15) is 24.8 Å². The van der Waals surface area contributed by atoms with Crippen molar-refractivity contribution in [3.05, 3.63) is 45.5 Å². The van der Waals surface area contributed by atoms with E-state index in [0.717, 1.165) is 51.9 Å². The first-order chi connectivity index (χ1) is 11.2. The van der Waals surface area contributed by atoms with Gasteiger partial charge in [-0.3, -0.25) is 0 Å². The van der Waals surface area contributed by atoms with Gasteiger partial charge in [0.25, 0.3) is 0 Å². The quantitative estimate of drug-likeness (QED) is 0.492. The fraction of sp³-hybridized carbons (Fsp3) is 0.368. The molecule has 4 heteroatoms. The third kappa shape index (κ3) is 4.85. The Hall–Kier alpha value is -1.27. The van der Waals surface area contributed by atoms with Gasteiger partial charge in [-0.25, -0.2) is 0 Å². The molecule has 0 fully saturated rings. The van der Waals surface area contributed by atoms with E-state index in [9.17, 15) is 0 Å². The lowest BCUT2D eigenvalue weighted by atomic mass is 9.98. The number of aliphatic hydroxyl groups excluding tert-OH is 1. The van der Waals surface area contributed by atoms with Gasteiger partial charge in [-0.15, -0.1) is 0 Å². The van der Waals surface area contributed by atoms with E-state index in [1.165, 1.54) is 5.56 Å². The van der Waals surface area contributed by atoms with Crippen molar-refractivity contribution >= 4 is 22.6 Å². The lowest BCUT2D eigenvalue weighted by Crippen LogP contribution is -1.95. The fourth-order valence-corrected chi connectivity index (χ4v) is 3.12. The molecule has 2 rings (SSSR count). The minimum atomic E-state index is 0.271. The molecule has 0 atom stereocenters. The maximum atomic E-state index is 8.88. The maximum absolute atomic E-state index is 8.88. The molecule has 0 saturated heterocycles. The lowest BCUT2D eigenvalue weighted by Gasteiger charge is -2.14. The van der Waals surface area contributed by atoms with Crippen molar-refractivity contribution in [3.8, 4) is 22.6 Å². The molecule has 124 valence electrons. The molecule has 2 aromatic carbocycles. The Morgan fingerprint density at radius 3 is 2.17 bits per heavy atom. The number of aryl methyl sites for hydroxylation is 1. The van der Waals surface area contributed by atoms with Crippen molar-refractivity contribution in [1.29, 1.82) is 0 Å². The van der Waals surface area contributed by atoms with Crippen LogP contribution in [0.25, 0.3) is 11.1 Å². The Kier molecular flexibility index (Phi) is 7.17. The van der Waals surface area contributed by atoms with Gasteiger partial charge in [-0.1, -0.05) is 12.5 Å². The molecule has 0 aliphatic carbocycles. The molecule has 0 aliphatic heterocycles. The summed E-state index contributed by atoms with van der Waals surface area (Å²) in [7, 11) is 3.39. The van der Waals surface area contributed by atoms with Gasteiger partial charge in [0.05, 0.1) is 14.2 Å². The number of unbranched alkanes of at least 4 members (excludes halogenated alkanes) is 2. The summed E-state index contributed by atoms with van der Waals surface area (Å²) in [6.45, 7) is 0.271. The molecule has 3 nitrogen and oxygen atoms in total. The molecule has 0 amide bonds. The predicted octanol–water partition coefficient (Wildman–Crippen LogP) is 4.68. The first kappa shape index (κ1) is 18.1. The molecule has 23 heavy (non-hydrogen) atoms.